The van der Waals surface area contributed by atoms with Crippen LogP contribution in [0, 0.1) is 6.92 Å². The molecule has 1 aliphatic heterocycles. The molecule has 5 heteroatoms. The predicted molar refractivity (Wildman–Crippen MR) is 82.4 cm³/mol. The Morgan fingerprint density at radius 2 is 2.24 bits per heavy atom. The molecule has 1 fully saturated rings. The molecule has 0 saturated carbocycles. The second-order valence-corrected chi connectivity index (χ2v) is 5.57. The average molecular weight is 291 g/mol. The SMILES string of the molecule is COCCCN1CCC(NC(=O)c2cccnc2C)CC1. The number of ether oxygens (including phenoxy) is 1. The molecular formula is C16H25N3O2. The van der Waals surface area contributed by atoms with Gasteiger partial charge in [-0.1, -0.05) is 0 Å². The van der Waals surface area contributed by atoms with Gasteiger partial charge in [-0.2, -0.15) is 0 Å². The Balaban J connectivity index is 1.76. The van der Waals surface area contributed by atoms with Gasteiger partial charge in [0, 0.05) is 51.3 Å². The summed E-state index contributed by atoms with van der Waals surface area (Å²) in [7, 11) is 1.74. The van der Waals surface area contributed by atoms with Crippen LogP contribution in [0.5, 0.6) is 0 Å². The van der Waals surface area contributed by atoms with Crippen molar-refractivity contribution in [3.8, 4) is 0 Å². The van der Waals surface area contributed by atoms with Gasteiger partial charge >= 0.3 is 0 Å². The molecule has 1 aliphatic rings. The van der Waals surface area contributed by atoms with Crippen LogP contribution in [0.3, 0.4) is 0 Å². The minimum absolute atomic E-state index is 0.00145. The molecule has 1 aromatic rings. The van der Waals surface area contributed by atoms with Crippen LogP contribution in [0.1, 0.15) is 35.3 Å². The maximum absolute atomic E-state index is 12.2. The summed E-state index contributed by atoms with van der Waals surface area (Å²) >= 11 is 0. The molecule has 0 bridgehead atoms. The molecule has 1 saturated heterocycles. The third-order valence-corrected chi connectivity index (χ3v) is 4.00. The Bertz CT molecular complexity index is 457. The summed E-state index contributed by atoms with van der Waals surface area (Å²) in [5.74, 6) is -0.00145. The van der Waals surface area contributed by atoms with Crippen molar-refractivity contribution in [2.24, 2.45) is 0 Å². The number of hydrogen-bond donors (Lipinski definition) is 1. The van der Waals surface area contributed by atoms with Crippen molar-refractivity contribution in [2.45, 2.75) is 32.2 Å². The smallest absolute Gasteiger partial charge is 0.253 e. The summed E-state index contributed by atoms with van der Waals surface area (Å²) in [6.07, 6.45) is 4.81. The number of nitrogens with one attached hydrogen (secondary N) is 1. The molecule has 2 rings (SSSR count). The fraction of sp³-hybridized carbons (Fsp3) is 0.625. The number of carbonyl (C=O) groups is 1. The van der Waals surface area contributed by atoms with Gasteiger partial charge in [0.05, 0.1) is 5.56 Å². The normalized spacial score (nSPS) is 16.9. The Hall–Kier alpha value is -1.46. The third-order valence-electron chi connectivity index (χ3n) is 4.00. The predicted octanol–water partition coefficient (Wildman–Crippen LogP) is 1.62. The van der Waals surface area contributed by atoms with Crippen LogP contribution < -0.4 is 5.32 Å². The number of methoxy groups -OCH3 is 1. The van der Waals surface area contributed by atoms with E-state index >= 15 is 0 Å². The molecular weight excluding hydrogens is 266 g/mol. The van der Waals surface area contributed by atoms with Crippen LogP contribution in [-0.2, 0) is 4.74 Å². The molecule has 0 unspecified atom stereocenters. The van der Waals surface area contributed by atoms with E-state index in [-0.39, 0.29) is 11.9 Å². The fourth-order valence-corrected chi connectivity index (χ4v) is 2.72. The molecule has 0 aromatic carbocycles. The average Bonchev–Trinajstić information content (AvgIpc) is 2.49. The van der Waals surface area contributed by atoms with Gasteiger partial charge in [-0.05, 0) is 38.3 Å². The lowest BCUT2D eigenvalue weighted by Crippen LogP contribution is -2.45. The number of carbonyl (C=O) groups excluding carboxylic acids is 1. The van der Waals surface area contributed by atoms with Crippen molar-refractivity contribution in [1.29, 1.82) is 0 Å². The van der Waals surface area contributed by atoms with Crippen LogP contribution in [0.15, 0.2) is 18.3 Å². The van der Waals surface area contributed by atoms with Gasteiger partial charge < -0.3 is 15.0 Å². The van der Waals surface area contributed by atoms with E-state index in [1.54, 1.807) is 19.4 Å². The van der Waals surface area contributed by atoms with E-state index < -0.39 is 0 Å². The van der Waals surface area contributed by atoms with Crippen molar-refractivity contribution in [2.75, 3.05) is 33.4 Å². The number of aromatic nitrogens is 1. The van der Waals surface area contributed by atoms with Crippen molar-refractivity contribution >= 4 is 5.91 Å². The number of nitrogens with zero attached hydrogens (tertiary/aromatic N) is 2. The zero-order valence-electron chi connectivity index (χ0n) is 13.0. The van der Waals surface area contributed by atoms with Gasteiger partial charge in [-0.15, -0.1) is 0 Å². The molecule has 5 nitrogen and oxygen atoms in total. The summed E-state index contributed by atoms with van der Waals surface area (Å²) in [5, 5.41) is 3.13. The van der Waals surface area contributed by atoms with Gasteiger partial charge in [0.2, 0.25) is 0 Å². The van der Waals surface area contributed by atoms with Crippen LogP contribution in [0.2, 0.25) is 0 Å². The minimum Gasteiger partial charge on any atom is -0.385 e. The second kappa shape index (κ2) is 8.10. The molecule has 0 aliphatic carbocycles. The van der Waals surface area contributed by atoms with Crippen LogP contribution in [0.4, 0.5) is 0 Å². The lowest BCUT2D eigenvalue weighted by atomic mass is 10.0. The number of likely N-dealkylation sites (tertiary alicyclic amines) is 1. The topological polar surface area (TPSA) is 54.5 Å². The molecule has 116 valence electrons. The fourth-order valence-electron chi connectivity index (χ4n) is 2.72. The summed E-state index contributed by atoms with van der Waals surface area (Å²) in [6, 6.07) is 3.91. The Morgan fingerprint density at radius 3 is 2.90 bits per heavy atom. The molecule has 0 spiro atoms. The molecule has 1 amide bonds. The highest BCUT2D eigenvalue weighted by molar-refractivity contribution is 5.95. The first-order chi connectivity index (χ1) is 10.2. The van der Waals surface area contributed by atoms with E-state index in [4.69, 9.17) is 4.74 Å². The number of aryl methyl sites for hydroxylation is 1. The molecule has 1 N–H and O–H groups in total. The minimum atomic E-state index is -0.00145. The monoisotopic (exact) mass is 291 g/mol. The second-order valence-electron chi connectivity index (χ2n) is 5.57. The Kier molecular flexibility index (Phi) is 6.14. The largest absolute Gasteiger partial charge is 0.385 e. The molecule has 21 heavy (non-hydrogen) atoms. The van der Waals surface area contributed by atoms with Crippen molar-refractivity contribution in [1.82, 2.24) is 15.2 Å². The lowest BCUT2D eigenvalue weighted by Gasteiger charge is -2.32. The number of rotatable bonds is 6. The van der Waals surface area contributed by atoms with Crippen LogP contribution in [0.25, 0.3) is 0 Å². The zero-order valence-corrected chi connectivity index (χ0v) is 13.0. The van der Waals surface area contributed by atoms with E-state index in [1.165, 1.54) is 0 Å². The first kappa shape index (κ1) is 15.9. The lowest BCUT2D eigenvalue weighted by molar-refractivity contribution is 0.0906. The zero-order chi connectivity index (χ0) is 15.1. The highest BCUT2D eigenvalue weighted by Crippen LogP contribution is 2.12. The van der Waals surface area contributed by atoms with Gasteiger partial charge in [0.15, 0.2) is 0 Å². The first-order valence-electron chi connectivity index (χ1n) is 7.64. The van der Waals surface area contributed by atoms with E-state index in [1.807, 2.05) is 13.0 Å². The molecule has 2 heterocycles. The number of pyridine rings is 1. The highest BCUT2D eigenvalue weighted by atomic mass is 16.5. The van der Waals surface area contributed by atoms with E-state index in [9.17, 15) is 4.79 Å². The van der Waals surface area contributed by atoms with Crippen LogP contribution >= 0.6 is 0 Å². The van der Waals surface area contributed by atoms with Crippen molar-refractivity contribution in [3.63, 3.8) is 0 Å². The Morgan fingerprint density at radius 1 is 1.48 bits per heavy atom. The van der Waals surface area contributed by atoms with Crippen molar-refractivity contribution < 1.29 is 9.53 Å². The molecule has 0 atom stereocenters. The summed E-state index contributed by atoms with van der Waals surface area (Å²) in [6.45, 7) is 5.85. The quantitative estimate of drug-likeness (QED) is 0.809. The van der Waals surface area contributed by atoms with E-state index in [0.29, 0.717) is 5.56 Å². The number of hydrogen-bond acceptors (Lipinski definition) is 4. The van der Waals surface area contributed by atoms with Gasteiger partial charge in [-0.3, -0.25) is 9.78 Å². The van der Waals surface area contributed by atoms with Gasteiger partial charge in [0.25, 0.3) is 5.91 Å². The summed E-state index contributed by atoms with van der Waals surface area (Å²) < 4.78 is 5.08. The Labute approximate surface area is 126 Å². The highest BCUT2D eigenvalue weighted by Gasteiger charge is 2.21. The maximum atomic E-state index is 12.2. The molecule has 1 aromatic heterocycles. The van der Waals surface area contributed by atoms with E-state index in [2.05, 4.69) is 15.2 Å². The van der Waals surface area contributed by atoms with Crippen LogP contribution in [-0.4, -0.2) is 55.2 Å². The standard InChI is InChI=1S/C16H25N3O2/c1-13-15(5-3-8-17-13)16(20)18-14-6-10-19(11-7-14)9-4-12-21-2/h3,5,8,14H,4,6-7,9-12H2,1-2H3,(H,18,20). The summed E-state index contributed by atoms with van der Waals surface area (Å²) in [5.41, 5.74) is 1.46. The number of piperidine rings is 1. The summed E-state index contributed by atoms with van der Waals surface area (Å²) in [4.78, 5) is 18.9. The van der Waals surface area contributed by atoms with Crippen molar-refractivity contribution in [3.05, 3.63) is 29.6 Å². The third kappa shape index (κ3) is 4.79. The van der Waals surface area contributed by atoms with Gasteiger partial charge in [-0.25, -0.2) is 0 Å². The van der Waals surface area contributed by atoms with Gasteiger partial charge in [0.1, 0.15) is 0 Å². The first-order valence-corrected chi connectivity index (χ1v) is 7.64. The van der Waals surface area contributed by atoms with E-state index in [0.717, 1.165) is 51.2 Å². The number of amides is 1. The molecule has 0 radical (unpaired) electrons. The maximum Gasteiger partial charge on any atom is 0.253 e.